The highest BCUT2D eigenvalue weighted by Gasteiger charge is 2.34. The topological polar surface area (TPSA) is 49.4 Å². The second kappa shape index (κ2) is 5.66. The van der Waals surface area contributed by atoms with Crippen molar-refractivity contribution in [3.05, 3.63) is 29.6 Å². The molecule has 108 valence electrons. The molecule has 1 N–H and O–H groups in total. The van der Waals surface area contributed by atoms with Crippen molar-refractivity contribution in [3.63, 3.8) is 0 Å². The molecule has 0 aliphatic carbocycles. The number of hydrogen-bond donors (Lipinski definition) is 1. The predicted molar refractivity (Wildman–Crippen MR) is 65.2 cm³/mol. The zero-order valence-electron chi connectivity index (χ0n) is 9.86. The molecule has 1 aliphatic heterocycles. The van der Waals surface area contributed by atoms with Crippen molar-refractivity contribution in [1.82, 2.24) is 9.62 Å². The molecule has 1 aromatic carbocycles. The minimum absolute atomic E-state index is 0. The number of sulfonamides is 1. The first-order chi connectivity index (χ1) is 8.35. The van der Waals surface area contributed by atoms with Gasteiger partial charge in [0.1, 0.15) is 4.90 Å². The first kappa shape index (κ1) is 16.2. The van der Waals surface area contributed by atoms with E-state index in [1.807, 2.05) is 0 Å². The molecule has 0 saturated carbocycles. The van der Waals surface area contributed by atoms with Crippen LogP contribution in [-0.2, 0) is 10.0 Å². The van der Waals surface area contributed by atoms with Crippen molar-refractivity contribution >= 4 is 22.4 Å². The molecule has 0 atom stereocenters. The van der Waals surface area contributed by atoms with E-state index in [4.69, 9.17) is 0 Å². The molecule has 1 heterocycles. The molecular weight excluding hydrogens is 305 g/mol. The van der Waals surface area contributed by atoms with Gasteiger partial charge < -0.3 is 5.32 Å². The fraction of sp³-hybridized carbons (Fsp3) is 0.400. The third-order valence-corrected chi connectivity index (χ3v) is 4.86. The summed E-state index contributed by atoms with van der Waals surface area (Å²) in [7, 11) is -2.88. The van der Waals surface area contributed by atoms with E-state index in [9.17, 15) is 21.6 Å². The summed E-state index contributed by atoms with van der Waals surface area (Å²) in [5, 5.41) is 2.87. The number of nitrogens with zero attached hydrogens (tertiary/aromatic N) is 1. The number of likely N-dealkylation sites (N-methyl/N-ethyl adjacent to an activating group) is 1. The van der Waals surface area contributed by atoms with Gasteiger partial charge in [-0.1, -0.05) is 0 Å². The van der Waals surface area contributed by atoms with Crippen molar-refractivity contribution in [3.8, 4) is 0 Å². The lowest BCUT2D eigenvalue weighted by atomic mass is 10.2. The molecule has 0 radical (unpaired) electrons. The van der Waals surface area contributed by atoms with E-state index >= 15 is 0 Å². The Kier molecular flexibility index (Phi) is 4.83. The van der Waals surface area contributed by atoms with Crippen molar-refractivity contribution in [2.24, 2.45) is 0 Å². The van der Waals surface area contributed by atoms with Gasteiger partial charge in [0.05, 0.1) is 0 Å². The monoisotopic (exact) mass is 316 g/mol. The van der Waals surface area contributed by atoms with E-state index < -0.39 is 32.4 Å². The largest absolute Gasteiger partial charge is 0.313 e. The Balaban J connectivity index is 0.00000180. The van der Waals surface area contributed by atoms with Crippen LogP contribution >= 0.6 is 12.4 Å². The number of nitrogens with one attached hydrogen (secondary N) is 1. The van der Waals surface area contributed by atoms with Gasteiger partial charge in [-0.05, 0) is 12.1 Å². The fourth-order valence-corrected chi connectivity index (χ4v) is 3.00. The standard InChI is InChI=1S/C10H11F3N2O2S.ClH/c1-15(6-4-14-5-6)18(16,17)8-3-2-7(11)9(12)10(8)13;/h2-3,6,14H,4-5H2,1H3;1H. The Morgan fingerprint density at radius 2 is 1.79 bits per heavy atom. The van der Waals surface area contributed by atoms with Crippen LogP contribution in [0.15, 0.2) is 17.0 Å². The Labute approximate surface area is 115 Å². The SMILES string of the molecule is CN(C1CNC1)S(=O)(=O)c1ccc(F)c(F)c1F.Cl. The zero-order chi connectivity index (χ0) is 13.5. The molecule has 19 heavy (non-hydrogen) atoms. The lowest BCUT2D eigenvalue weighted by Gasteiger charge is -2.34. The second-order valence-corrected chi connectivity index (χ2v) is 5.97. The van der Waals surface area contributed by atoms with Crippen molar-refractivity contribution < 1.29 is 21.6 Å². The molecule has 1 aromatic rings. The Morgan fingerprint density at radius 1 is 1.21 bits per heavy atom. The van der Waals surface area contributed by atoms with Crippen LogP contribution in [-0.4, -0.2) is 38.9 Å². The van der Waals surface area contributed by atoms with E-state index in [2.05, 4.69) is 5.32 Å². The summed E-state index contributed by atoms with van der Waals surface area (Å²) < 4.78 is 64.3. The van der Waals surface area contributed by atoms with Gasteiger partial charge >= 0.3 is 0 Å². The smallest absolute Gasteiger partial charge is 0.246 e. The first-order valence-corrected chi connectivity index (χ1v) is 6.62. The van der Waals surface area contributed by atoms with Gasteiger partial charge in [0.25, 0.3) is 0 Å². The fourth-order valence-electron chi connectivity index (χ4n) is 1.59. The molecule has 0 amide bonds. The van der Waals surface area contributed by atoms with E-state index in [0.717, 1.165) is 10.4 Å². The van der Waals surface area contributed by atoms with Crippen LogP contribution in [0.25, 0.3) is 0 Å². The van der Waals surface area contributed by atoms with Crippen LogP contribution in [0.5, 0.6) is 0 Å². The maximum Gasteiger partial charge on any atom is 0.246 e. The third-order valence-electron chi connectivity index (χ3n) is 2.93. The van der Waals surface area contributed by atoms with Gasteiger partial charge in [0.15, 0.2) is 17.5 Å². The molecule has 0 unspecified atom stereocenters. The molecule has 2 rings (SSSR count). The summed E-state index contributed by atoms with van der Waals surface area (Å²) in [6.07, 6.45) is 0. The lowest BCUT2D eigenvalue weighted by molar-refractivity contribution is 0.273. The molecule has 0 bridgehead atoms. The summed E-state index contributed by atoms with van der Waals surface area (Å²) in [6.45, 7) is 0.891. The van der Waals surface area contributed by atoms with Crippen LogP contribution in [0, 0.1) is 17.5 Å². The summed E-state index contributed by atoms with van der Waals surface area (Å²) in [5.74, 6) is -4.88. The molecule has 0 spiro atoms. The molecule has 0 aromatic heterocycles. The summed E-state index contributed by atoms with van der Waals surface area (Å²) in [4.78, 5) is -0.851. The van der Waals surface area contributed by atoms with Crippen LogP contribution in [0.1, 0.15) is 0 Å². The number of halogens is 4. The number of rotatable bonds is 3. The Bertz CT molecular complexity index is 578. The first-order valence-electron chi connectivity index (χ1n) is 5.18. The number of hydrogen-bond acceptors (Lipinski definition) is 3. The molecular formula is C10H12ClF3N2O2S. The van der Waals surface area contributed by atoms with E-state index in [0.29, 0.717) is 19.2 Å². The zero-order valence-corrected chi connectivity index (χ0v) is 11.5. The van der Waals surface area contributed by atoms with E-state index in [1.54, 1.807) is 0 Å². The lowest BCUT2D eigenvalue weighted by Crippen LogP contribution is -2.57. The van der Waals surface area contributed by atoms with Crippen molar-refractivity contribution in [2.75, 3.05) is 20.1 Å². The van der Waals surface area contributed by atoms with Gasteiger partial charge in [-0.2, -0.15) is 4.31 Å². The quantitative estimate of drug-likeness (QED) is 0.850. The van der Waals surface area contributed by atoms with Crippen LogP contribution in [0.2, 0.25) is 0 Å². The average Bonchev–Trinajstić information content (AvgIpc) is 2.23. The van der Waals surface area contributed by atoms with Gasteiger partial charge in [-0.15, -0.1) is 12.4 Å². The minimum atomic E-state index is -4.16. The third kappa shape index (κ3) is 2.71. The maximum atomic E-state index is 13.5. The highest BCUT2D eigenvalue weighted by Crippen LogP contribution is 2.24. The Morgan fingerprint density at radius 3 is 2.26 bits per heavy atom. The van der Waals surface area contributed by atoms with Gasteiger partial charge in [0, 0.05) is 26.2 Å². The van der Waals surface area contributed by atoms with Gasteiger partial charge in [-0.3, -0.25) is 0 Å². The molecule has 1 saturated heterocycles. The summed E-state index contributed by atoms with van der Waals surface area (Å²) >= 11 is 0. The highest BCUT2D eigenvalue weighted by molar-refractivity contribution is 7.89. The maximum absolute atomic E-state index is 13.5. The van der Waals surface area contributed by atoms with E-state index in [-0.39, 0.29) is 18.4 Å². The Hall–Kier alpha value is -0.830. The molecule has 4 nitrogen and oxygen atoms in total. The summed E-state index contributed by atoms with van der Waals surface area (Å²) in [6, 6.07) is 1.02. The number of benzene rings is 1. The molecule has 1 aliphatic rings. The predicted octanol–water partition coefficient (Wildman–Crippen LogP) is 1.12. The minimum Gasteiger partial charge on any atom is -0.313 e. The van der Waals surface area contributed by atoms with Crippen LogP contribution in [0.3, 0.4) is 0 Å². The average molecular weight is 317 g/mol. The van der Waals surface area contributed by atoms with Gasteiger partial charge in [0.2, 0.25) is 10.0 Å². The summed E-state index contributed by atoms with van der Waals surface area (Å²) in [5.41, 5.74) is 0. The highest BCUT2D eigenvalue weighted by atomic mass is 35.5. The second-order valence-electron chi connectivity index (χ2n) is 4.01. The normalized spacial score (nSPS) is 16.1. The van der Waals surface area contributed by atoms with Crippen molar-refractivity contribution in [2.45, 2.75) is 10.9 Å². The van der Waals surface area contributed by atoms with E-state index in [1.165, 1.54) is 7.05 Å². The molecule has 1 fully saturated rings. The van der Waals surface area contributed by atoms with Crippen LogP contribution < -0.4 is 5.32 Å². The van der Waals surface area contributed by atoms with Gasteiger partial charge in [-0.25, -0.2) is 21.6 Å². The van der Waals surface area contributed by atoms with Crippen LogP contribution in [0.4, 0.5) is 13.2 Å². The molecule has 9 heteroatoms. The van der Waals surface area contributed by atoms with Crippen molar-refractivity contribution in [1.29, 1.82) is 0 Å².